The summed E-state index contributed by atoms with van der Waals surface area (Å²) in [6, 6.07) is 19.7. The van der Waals surface area contributed by atoms with Crippen LogP contribution in [-0.4, -0.2) is 35.8 Å². The Balaban J connectivity index is 1.41. The van der Waals surface area contributed by atoms with Crippen molar-refractivity contribution in [2.24, 2.45) is 5.92 Å². The van der Waals surface area contributed by atoms with E-state index in [4.69, 9.17) is 21.7 Å². The van der Waals surface area contributed by atoms with Crippen LogP contribution in [0, 0.1) is 11.7 Å². The van der Waals surface area contributed by atoms with Crippen LogP contribution in [0.4, 0.5) is 10.1 Å². The molecule has 1 unspecified atom stereocenters. The van der Waals surface area contributed by atoms with Gasteiger partial charge in [-0.25, -0.2) is 4.39 Å². The van der Waals surface area contributed by atoms with Crippen molar-refractivity contribution in [2.75, 3.05) is 26.1 Å². The number of methoxy groups -OCH3 is 2. The molecule has 1 atom stereocenters. The number of pyridine rings is 1. The maximum atomic E-state index is 13.8. The van der Waals surface area contributed by atoms with Crippen LogP contribution in [0.15, 0.2) is 83.7 Å². The predicted molar refractivity (Wildman–Crippen MR) is 163 cm³/mol. The minimum atomic E-state index is -0.298. The third-order valence-electron chi connectivity index (χ3n) is 7.22. The molecule has 1 heterocycles. The summed E-state index contributed by atoms with van der Waals surface area (Å²) in [6.07, 6.45) is 7.53. The van der Waals surface area contributed by atoms with Gasteiger partial charge in [0, 0.05) is 29.4 Å². The first-order valence-electron chi connectivity index (χ1n) is 13.3. The van der Waals surface area contributed by atoms with Gasteiger partial charge in [-0.1, -0.05) is 36.4 Å². The molecule has 2 N–H and O–H groups in total. The van der Waals surface area contributed by atoms with E-state index in [0.717, 1.165) is 48.0 Å². The molecule has 0 fully saturated rings. The van der Waals surface area contributed by atoms with E-state index in [1.165, 1.54) is 12.1 Å². The van der Waals surface area contributed by atoms with E-state index in [2.05, 4.69) is 27.4 Å². The van der Waals surface area contributed by atoms with E-state index in [0.29, 0.717) is 40.2 Å². The molecule has 0 bridgehead atoms. The summed E-state index contributed by atoms with van der Waals surface area (Å²) in [5, 5.41) is 4.75. The number of nitrogens with one attached hydrogen (secondary N) is 2. The zero-order valence-corrected chi connectivity index (χ0v) is 23.4. The number of allylic oxidation sites excluding steroid dienone is 2. The number of hydrogen-bond acceptors (Lipinski definition) is 4. The maximum absolute atomic E-state index is 13.8. The van der Waals surface area contributed by atoms with E-state index in [9.17, 15) is 9.18 Å². The number of anilines is 1. The molecular formula is C32H32FN3O3S. The van der Waals surface area contributed by atoms with Crippen molar-refractivity contribution in [1.29, 1.82) is 0 Å². The second kappa shape index (κ2) is 12.3. The van der Waals surface area contributed by atoms with Gasteiger partial charge in [-0.15, -0.1) is 0 Å². The van der Waals surface area contributed by atoms with Gasteiger partial charge in [0.2, 0.25) is 0 Å². The molecule has 0 saturated heterocycles. The molecule has 0 aliphatic heterocycles. The van der Waals surface area contributed by atoms with Crippen LogP contribution in [-0.2, 0) is 6.54 Å². The van der Waals surface area contributed by atoms with Crippen molar-refractivity contribution in [3.8, 4) is 22.6 Å². The molecule has 8 heteroatoms. The third-order valence-corrected chi connectivity index (χ3v) is 7.58. The van der Waals surface area contributed by atoms with Crippen molar-refractivity contribution >= 4 is 33.9 Å². The van der Waals surface area contributed by atoms with Crippen molar-refractivity contribution in [2.45, 2.75) is 25.8 Å². The van der Waals surface area contributed by atoms with Gasteiger partial charge in [0.1, 0.15) is 5.82 Å². The van der Waals surface area contributed by atoms with Crippen LogP contribution in [0.1, 0.15) is 24.8 Å². The summed E-state index contributed by atoms with van der Waals surface area (Å²) in [5.74, 6) is 1.37. The first-order chi connectivity index (χ1) is 19.4. The zero-order valence-electron chi connectivity index (χ0n) is 22.6. The molecule has 1 aromatic heterocycles. The number of aromatic nitrogens is 1. The van der Waals surface area contributed by atoms with Crippen LogP contribution >= 0.6 is 12.2 Å². The van der Waals surface area contributed by atoms with Gasteiger partial charge in [0.15, 0.2) is 16.6 Å². The molecule has 206 valence electrons. The van der Waals surface area contributed by atoms with E-state index in [1.807, 2.05) is 48.5 Å². The van der Waals surface area contributed by atoms with Crippen LogP contribution in [0.5, 0.6) is 11.5 Å². The average Bonchev–Trinajstić information content (AvgIpc) is 2.97. The van der Waals surface area contributed by atoms with Gasteiger partial charge in [0.25, 0.3) is 5.56 Å². The second-order valence-corrected chi connectivity index (χ2v) is 10.4. The van der Waals surface area contributed by atoms with Crippen molar-refractivity contribution in [3.63, 3.8) is 0 Å². The fourth-order valence-electron chi connectivity index (χ4n) is 5.09. The first-order valence-corrected chi connectivity index (χ1v) is 13.7. The fraction of sp³-hybridized carbons (Fsp3) is 0.250. The molecule has 6 nitrogen and oxygen atoms in total. The Hall–Kier alpha value is -4.17. The smallest absolute Gasteiger partial charge is 0.253 e. The van der Waals surface area contributed by atoms with Gasteiger partial charge in [0.05, 0.1) is 20.8 Å². The monoisotopic (exact) mass is 557 g/mol. The lowest BCUT2D eigenvalue weighted by atomic mass is 9.94. The number of ether oxygens (including phenoxy) is 2. The SMILES string of the molecule is COc1ccc(NC(=S)N(Cc2cc3ccc(-c4cccc(F)c4)cc3[nH]c2=O)CC2CC=CCC2)cc1OC. The van der Waals surface area contributed by atoms with Gasteiger partial charge in [-0.3, -0.25) is 4.79 Å². The number of aromatic amines is 1. The Bertz CT molecular complexity index is 1620. The fourth-order valence-corrected chi connectivity index (χ4v) is 5.34. The zero-order chi connectivity index (χ0) is 28.1. The highest BCUT2D eigenvalue weighted by Crippen LogP contribution is 2.30. The van der Waals surface area contributed by atoms with Crippen molar-refractivity contribution < 1.29 is 13.9 Å². The minimum Gasteiger partial charge on any atom is -0.493 e. The topological polar surface area (TPSA) is 66.6 Å². The highest BCUT2D eigenvalue weighted by Gasteiger charge is 2.20. The lowest BCUT2D eigenvalue weighted by Gasteiger charge is -2.30. The molecule has 3 aromatic carbocycles. The molecule has 0 radical (unpaired) electrons. The third kappa shape index (κ3) is 6.34. The van der Waals surface area contributed by atoms with Crippen LogP contribution in [0.3, 0.4) is 0 Å². The number of fused-ring (bicyclic) bond motifs is 1. The summed E-state index contributed by atoms with van der Waals surface area (Å²) >= 11 is 5.87. The Morgan fingerprint density at radius 2 is 1.85 bits per heavy atom. The highest BCUT2D eigenvalue weighted by molar-refractivity contribution is 7.80. The molecule has 1 aliphatic rings. The number of nitrogens with zero attached hydrogens (tertiary/aromatic N) is 1. The standard InChI is InChI=1S/C32H32FN3O3S/c1-38-29-14-13-27(18-30(29)39-2)34-32(40)36(19-21-7-4-3-5-8-21)20-25-15-24-12-11-23(17-28(24)35-31(25)37)22-9-6-10-26(33)16-22/h3-4,6,9-18,21H,5,7-8,19-20H2,1-2H3,(H,34,40)(H,35,37). The summed E-state index contributed by atoms with van der Waals surface area (Å²) in [4.78, 5) is 18.3. The van der Waals surface area contributed by atoms with E-state index in [-0.39, 0.29) is 11.4 Å². The quantitative estimate of drug-likeness (QED) is 0.181. The summed E-state index contributed by atoms with van der Waals surface area (Å²) in [6.45, 7) is 1.08. The van der Waals surface area contributed by atoms with E-state index in [1.54, 1.807) is 20.3 Å². The molecule has 1 aliphatic carbocycles. The molecule has 0 spiro atoms. The second-order valence-electron chi connectivity index (χ2n) is 9.97. The summed E-state index contributed by atoms with van der Waals surface area (Å²) in [5.41, 5.74) is 3.51. The lowest BCUT2D eigenvalue weighted by molar-refractivity contribution is 0.318. The predicted octanol–water partition coefficient (Wildman–Crippen LogP) is 6.91. The van der Waals surface area contributed by atoms with Crippen molar-refractivity contribution in [1.82, 2.24) is 9.88 Å². The number of rotatable bonds is 8. The Morgan fingerprint density at radius 3 is 2.60 bits per heavy atom. The number of H-pyrrole nitrogens is 1. The first kappa shape index (κ1) is 27.4. The lowest BCUT2D eigenvalue weighted by Crippen LogP contribution is -2.39. The molecule has 4 aromatic rings. The summed E-state index contributed by atoms with van der Waals surface area (Å²) in [7, 11) is 3.19. The molecule has 5 rings (SSSR count). The average molecular weight is 558 g/mol. The normalized spacial score (nSPS) is 14.6. The highest BCUT2D eigenvalue weighted by atomic mass is 32.1. The molecule has 40 heavy (non-hydrogen) atoms. The maximum Gasteiger partial charge on any atom is 0.253 e. The number of hydrogen-bond donors (Lipinski definition) is 2. The Labute approximate surface area is 238 Å². The van der Waals surface area contributed by atoms with Gasteiger partial charge in [-0.2, -0.15) is 0 Å². The van der Waals surface area contributed by atoms with Gasteiger partial charge < -0.3 is 24.7 Å². The Morgan fingerprint density at radius 1 is 1.02 bits per heavy atom. The van der Waals surface area contributed by atoms with Crippen LogP contribution in [0.2, 0.25) is 0 Å². The van der Waals surface area contributed by atoms with E-state index < -0.39 is 0 Å². The number of halogens is 1. The number of thiocarbonyl (C=S) groups is 1. The largest absolute Gasteiger partial charge is 0.493 e. The summed E-state index contributed by atoms with van der Waals surface area (Å²) < 4.78 is 24.5. The van der Waals surface area contributed by atoms with E-state index >= 15 is 0 Å². The Kier molecular flexibility index (Phi) is 8.45. The van der Waals surface area contributed by atoms with Gasteiger partial charge >= 0.3 is 0 Å². The van der Waals surface area contributed by atoms with Gasteiger partial charge in [-0.05, 0) is 90.3 Å². The number of benzene rings is 3. The molecule has 0 saturated carbocycles. The van der Waals surface area contributed by atoms with Crippen LogP contribution < -0.4 is 20.3 Å². The molecular weight excluding hydrogens is 525 g/mol. The van der Waals surface area contributed by atoms with Crippen LogP contribution in [0.25, 0.3) is 22.0 Å². The van der Waals surface area contributed by atoms with Crippen molar-refractivity contribution in [3.05, 3.63) is 101 Å². The molecule has 0 amide bonds. The minimum absolute atomic E-state index is 0.175.